The minimum atomic E-state index is -0.728. The largest absolute Gasteiger partial charge is 0.340 e. The number of aromatic nitrogens is 4. The van der Waals surface area contributed by atoms with Gasteiger partial charge in [0.15, 0.2) is 5.82 Å². The lowest BCUT2D eigenvalue weighted by Gasteiger charge is -2.44. The third-order valence-corrected chi connectivity index (χ3v) is 6.63. The maximum absolute atomic E-state index is 12.7. The first-order valence-corrected chi connectivity index (χ1v) is 9.41. The fraction of sp³-hybridized carbons (Fsp3) is 0.562. The zero-order chi connectivity index (χ0) is 18.5. The number of rotatable bonds is 4. The maximum Gasteiger partial charge on any atom is 0.249 e. The van der Waals surface area contributed by atoms with E-state index < -0.39 is 12.1 Å². The fourth-order valence-corrected chi connectivity index (χ4v) is 5.36. The maximum atomic E-state index is 12.7. The molecule has 26 heavy (non-hydrogen) atoms. The highest BCUT2D eigenvalue weighted by Crippen LogP contribution is 2.56. The van der Waals surface area contributed by atoms with E-state index in [1.54, 1.807) is 16.7 Å². The van der Waals surface area contributed by atoms with Gasteiger partial charge in [-0.15, -0.1) is 22.0 Å². The number of carbonyl (C=O) groups excluding carboxylic acids is 2. The number of hydrogen-bond acceptors (Lipinski definition) is 7. The Labute approximate surface area is 154 Å². The van der Waals surface area contributed by atoms with E-state index in [1.165, 1.54) is 0 Å². The summed E-state index contributed by atoms with van der Waals surface area (Å²) < 4.78 is -0.289. The molecular weight excluding hydrogens is 354 g/mol. The number of aromatic amines is 1. The van der Waals surface area contributed by atoms with Gasteiger partial charge in [0.1, 0.15) is 23.5 Å². The van der Waals surface area contributed by atoms with Crippen LogP contribution in [0.5, 0.6) is 0 Å². The van der Waals surface area contributed by atoms with Crippen LogP contribution in [0.15, 0.2) is 23.8 Å². The summed E-state index contributed by atoms with van der Waals surface area (Å²) in [5.41, 5.74) is 6.97. The lowest BCUT2D eigenvalue weighted by molar-refractivity contribution is -0.151. The van der Waals surface area contributed by atoms with Crippen LogP contribution in [0.2, 0.25) is 0 Å². The van der Waals surface area contributed by atoms with Gasteiger partial charge in [-0.05, 0) is 32.3 Å². The number of nitrogens with one attached hydrogen (secondary N) is 2. The Kier molecular flexibility index (Phi) is 4.11. The smallest absolute Gasteiger partial charge is 0.249 e. The third-order valence-electron chi connectivity index (χ3n) is 5.06. The number of carbonyl (C=O) groups is 2. The Balaban J connectivity index is 1.47. The summed E-state index contributed by atoms with van der Waals surface area (Å²) in [5.74, 6) is 0.0332. The summed E-state index contributed by atoms with van der Waals surface area (Å²) in [4.78, 5) is 27.0. The van der Waals surface area contributed by atoms with Crippen LogP contribution < -0.4 is 11.1 Å². The van der Waals surface area contributed by atoms with E-state index in [-0.39, 0.29) is 28.0 Å². The van der Waals surface area contributed by atoms with Gasteiger partial charge in [-0.2, -0.15) is 5.21 Å². The predicted octanol–water partition coefficient (Wildman–Crippen LogP) is 0.0230. The first-order chi connectivity index (χ1) is 12.4. The number of H-pyrrole nitrogens is 1. The molecule has 9 nitrogen and oxygen atoms in total. The van der Waals surface area contributed by atoms with E-state index in [0.29, 0.717) is 12.2 Å². The van der Waals surface area contributed by atoms with E-state index in [0.717, 1.165) is 12.0 Å². The summed E-state index contributed by atoms with van der Waals surface area (Å²) in [5, 5.41) is 16.8. The van der Waals surface area contributed by atoms with Crippen LogP contribution in [-0.4, -0.2) is 59.5 Å². The molecule has 2 unspecified atom stereocenters. The van der Waals surface area contributed by atoms with Crippen molar-refractivity contribution in [2.45, 2.75) is 54.9 Å². The highest BCUT2D eigenvalue weighted by atomic mass is 32.2. The number of hydrogen-bond donors (Lipinski definition) is 3. The molecule has 3 aliphatic rings. The van der Waals surface area contributed by atoms with Crippen molar-refractivity contribution in [2.24, 2.45) is 5.73 Å². The summed E-state index contributed by atoms with van der Waals surface area (Å²) in [7, 11) is 0. The summed E-state index contributed by atoms with van der Waals surface area (Å²) in [6, 6.07) is -1.58. The molecule has 0 radical (unpaired) electrons. The first-order valence-electron chi connectivity index (χ1n) is 8.53. The van der Waals surface area contributed by atoms with Crippen molar-refractivity contribution >= 4 is 23.6 Å². The van der Waals surface area contributed by atoms with E-state index in [2.05, 4.69) is 25.9 Å². The quantitative estimate of drug-likeness (QED) is 0.500. The lowest BCUT2D eigenvalue weighted by Crippen LogP contribution is -2.69. The van der Waals surface area contributed by atoms with Crippen LogP contribution in [0, 0.1) is 0 Å². The predicted molar refractivity (Wildman–Crippen MR) is 95.6 cm³/mol. The van der Waals surface area contributed by atoms with Gasteiger partial charge < -0.3 is 16.0 Å². The van der Waals surface area contributed by atoms with Gasteiger partial charge in [0.2, 0.25) is 11.8 Å². The molecule has 4 N–H and O–H groups in total. The van der Waals surface area contributed by atoms with Crippen molar-refractivity contribution in [3.8, 4) is 0 Å². The molecule has 2 aliphatic heterocycles. The van der Waals surface area contributed by atoms with Gasteiger partial charge >= 0.3 is 0 Å². The van der Waals surface area contributed by atoms with Crippen LogP contribution >= 0.6 is 11.8 Å². The summed E-state index contributed by atoms with van der Waals surface area (Å²) in [6.45, 7) is 4.07. The number of nitrogens with two attached hydrogens (primary N) is 1. The van der Waals surface area contributed by atoms with Gasteiger partial charge in [-0.1, -0.05) is 23.4 Å². The molecule has 3 heterocycles. The molecule has 10 heteroatoms. The van der Waals surface area contributed by atoms with Crippen molar-refractivity contribution in [2.75, 3.05) is 0 Å². The normalized spacial score (nSPS) is 30.4. The van der Waals surface area contributed by atoms with Crippen molar-refractivity contribution in [1.29, 1.82) is 0 Å². The Hall–Kier alpha value is -2.20. The average Bonchev–Trinajstić information content (AvgIpc) is 3.23. The zero-order valence-corrected chi connectivity index (χ0v) is 15.4. The van der Waals surface area contributed by atoms with Crippen LogP contribution in [0.1, 0.15) is 38.6 Å². The van der Waals surface area contributed by atoms with E-state index in [1.807, 2.05) is 32.1 Å². The molecule has 1 aromatic rings. The number of thioether (sulfide) groups is 1. The molecule has 1 aromatic heterocycles. The van der Waals surface area contributed by atoms with Crippen molar-refractivity contribution in [1.82, 2.24) is 30.8 Å². The molecule has 2 fully saturated rings. The molecule has 1 aliphatic carbocycles. The second kappa shape index (κ2) is 6.20. The van der Waals surface area contributed by atoms with E-state index >= 15 is 0 Å². The Bertz CT molecular complexity index is 789. The summed E-state index contributed by atoms with van der Waals surface area (Å²) in [6.07, 6.45) is 7.47. The average molecular weight is 375 g/mol. The monoisotopic (exact) mass is 375 g/mol. The third kappa shape index (κ3) is 2.64. The number of nitrogens with zero attached hydrogens (tertiary/aromatic N) is 4. The molecule has 138 valence electrons. The molecule has 4 atom stereocenters. The number of amides is 2. The standard InChI is InChI=1S/C16H21N7O2S/c1-16(2)11(12-19-21-22-20-12)23-14(25)10(15(23)26-16)18-13(24)9(17)8-6-4-3-5-7-8/h3-4,7,9-11,15H,5-6,17H2,1-2H3,(H,18,24)(H,19,20,21,22)/t9-,10?,11?,15-/m1/s1. The highest BCUT2D eigenvalue weighted by molar-refractivity contribution is 8.01. The lowest BCUT2D eigenvalue weighted by atomic mass is 9.94. The minimum Gasteiger partial charge on any atom is -0.340 e. The highest BCUT2D eigenvalue weighted by Gasteiger charge is 2.63. The molecule has 0 aromatic carbocycles. The van der Waals surface area contributed by atoms with Gasteiger partial charge in [-0.25, -0.2) is 0 Å². The number of allylic oxidation sites excluding steroid dienone is 3. The molecular formula is C16H21N7O2S. The van der Waals surface area contributed by atoms with Crippen molar-refractivity contribution in [3.05, 3.63) is 29.6 Å². The number of tetrazole rings is 1. The number of fused-ring (bicyclic) bond motifs is 1. The summed E-state index contributed by atoms with van der Waals surface area (Å²) >= 11 is 1.63. The molecule has 4 rings (SSSR count). The van der Waals surface area contributed by atoms with E-state index in [9.17, 15) is 9.59 Å². The minimum absolute atomic E-state index is 0.138. The molecule has 0 spiro atoms. The fourth-order valence-electron chi connectivity index (χ4n) is 3.73. The Morgan fingerprint density at radius 2 is 2.31 bits per heavy atom. The second-order valence-electron chi connectivity index (χ2n) is 7.18. The first kappa shape index (κ1) is 17.2. The molecule has 2 amide bonds. The van der Waals surface area contributed by atoms with Crippen molar-refractivity contribution in [3.63, 3.8) is 0 Å². The molecule has 0 bridgehead atoms. The second-order valence-corrected chi connectivity index (χ2v) is 8.95. The van der Waals surface area contributed by atoms with Crippen LogP contribution in [0.3, 0.4) is 0 Å². The van der Waals surface area contributed by atoms with Gasteiger partial charge in [0.05, 0.1) is 0 Å². The SMILES string of the molecule is CC1(C)S[C@@H]2C(NC(=O)[C@H](N)C3=CCC=CC3)C(=O)N2C1c1nn[nH]n1. The zero-order valence-electron chi connectivity index (χ0n) is 14.5. The van der Waals surface area contributed by atoms with Gasteiger partial charge in [0, 0.05) is 4.75 Å². The van der Waals surface area contributed by atoms with E-state index in [4.69, 9.17) is 5.73 Å². The van der Waals surface area contributed by atoms with Crippen LogP contribution in [0.25, 0.3) is 0 Å². The Morgan fingerprint density at radius 1 is 1.50 bits per heavy atom. The van der Waals surface area contributed by atoms with Crippen molar-refractivity contribution < 1.29 is 9.59 Å². The van der Waals surface area contributed by atoms with Crippen LogP contribution in [0.4, 0.5) is 0 Å². The van der Waals surface area contributed by atoms with Gasteiger partial charge in [0.25, 0.3) is 0 Å². The van der Waals surface area contributed by atoms with Crippen LogP contribution in [-0.2, 0) is 9.59 Å². The van der Waals surface area contributed by atoms with Gasteiger partial charge in [-0.3, -0.25) is 9.59 Å². The topological polar surface area (TPSA) is 130 Å². The molecule has 0 saturated carbocycles. The number of β-lactam (4-membered cyclic amide) rings is 1. The molecule has 2 saturated heterocycles. The Morgan fingerprint density at radius 3 is 2.96 bits per heavy atom.